The Bertz CT molecular complexity index is 788. The summed E-state index contributed by atoms with van der Waals surface area (Å²) in [5, 5.41) is 0. The standard InChI is InChI=1S/C16H19N3OS/c1-10-11(2)21-16-18-15(13(8-9-17)19(10)16)12-6-4-5-7-14(12)20-3/h4-7H,8-9,17H2,1-3H3. The van der Waals surface area contributed by atoms with Crippen molar-refractivity contribution in [2.24, 2.45) is 5.73 Å². The second kappa shape index (κ2) is 5.50. The molecule has 110 valence electrons. The quantitative estimate of drug-likeness (QED) is 0.805. The fourth-order valence-corrected chi connectivity index (χ4v) is 3.63. The smallest absolute Gasteiger partial charge is 0.194 e. The third kappa shape index (κ3) is 2.22. The molecule has 2 aromatic heterocycles. The summed E-state index contributed by atoms with van der Waals surface area (Å²) in [6.07, 6.45) is 0.797. The molecule has 0 atom stereocenters. The second-order valence-electron chi connectivity index (χ2n) is 5.01. The van der Waals surface area contributed by atoms with Gasteiger partial charge in [-0.2, -0.15) is 0 Å². The zero-order valence-corrected chi connectivity index (χ0v) is 13.3. The summed E-state index contributed by atoms with van der Waals surface area (Å²) in [5.41, 5.74) is 10.2. The van der Waals surface area contributed by atoms with Crippen LogP contribution in [-0.2, 0) is 6.42 Å². The molecule has 2 heterocycles. The van der Waals surface area contributed by atoms with E-state index in [4.69, 9.17) is 15.5 Å². The number of benzene rings is 1. The van der Waals surface area contributed by atoms with Crippen LogP contribution in [0.5, 0.6) is 5.75 Å². The Balaban J connectivity index is 2.29. The SMILES string of the molecule is COc1ccccc1-c1nc2sc(C)c(C)n2c1CCN. The number of methoxy groups -OCH3 is 1. The molecular formula is C16H19N3OS. The van der Waals surface area contributed by atoms with E-state index in [1.54, 1.807) is 18.4 Å². The Kier molecular flexibility index (Phi) is 3.69. The Labute approximate surface area is 128 Å². The number of nitrogens with zero attached hydrogens (tertiary/aromatic N) is 2. The maximum Gasteiger partial charge on any atom is 0.194 e. The van der Waals surface area contributed by atoms with Gasteiger partial charge in [0.1, 0.15) is 5.75 Å². The molecule has 5 heteroatoms. The molecule has 0 radical (unpaired) electrons. The van der Waals surface area contributed by atoms with Crippen molar-refractivity contribution in [2.45, 2.75) is 20.3 Å². The van der Waals surface area contributed by atoms with Crippen molar-refractivity contribution >= 4 is 16.3 Å². The average Bonchev–Trinajstić information content (AvgIpc) is 2.97. The number of nitrogens with two attached hydrogens (primary N) is 1. The van der Waals surface area contributed by atoms with Crippen LogP contribution in [0.3, 0.4) is 0 Å². The fourth-order valence-electron chi connectivity index (χ4n) is 2.64. The summed E-state index contributed by atoms with van der Waals surface area (Å²) in [6.45, 7) is 4.86. The predicted octanol–water partition coefficient (Wildman–Crippen LogP) is 3.19. The highest BCUT2D eigenvalue weighted by Gasteiger charge is 2.19. The first kappa shape index (κ1) is 14.1. The summed E-state index contributed by atoms with van der Waals surface area (Å²) in [6, 6.07) is 8.00. The lowest BCUT2D eigenvalue weighted by molar-refractivity contribution is 0.416. The molecule has 0 fully saturated rings. The molecule has 0 unspecified atom stereocenters. The van der Waals surface area contributed by atoms with Crippen molar-refractivity contribution < 1.29 is 4.74 Å². The number of thiazole rings is 1. The van der Waals surface area contributed by atoms with Crippen molar-refractivity contribution in [3.05, 3.63) is 40.5 Å². The molecule has 0 aliphatic heterocycles. The molecule has 2 N–H and O–H groups in total. The van der Waals surface area contributed by atoms with E-state index in [9.17, 15) is 0 Å². The maximum absolute atomic E-state index is 5.82. The topological polar surface area (TPSA) is 52.5 Å². The average molecular weight is 301 g/mol. The van der Waals surface area contributed by atoms with Crippen LogP contribution in [0.15, 0.2) is 24.3 Å². The third-order valence-corrected chi connectivity index (χ3v) is 4.83. The van der Waals surface area contributed by atoms with Gasteiger partial charge >= 0.3 is 0 Å². The van der Waals surface area contributed by atoms with E-state index in [1.807, 2.05) is 24.3 Å². The third-order valence-electron chi connectivity index (χ3n) is 3.77. The molecular weight excluding hydrogens is 282 g/mol. The molecule has 0 amide bonds. The van der Waals surface area contributed by atoms with E-state index < -0.39 is 0 Å². The first-order valence-corrected chi connectivity index (χ1v) is 7.79. The Morgan fingerprint density at radius 2 is 2.05 bits per heavy atom. The molecule has 0 saturated heterocycles. The number of rotatable bonds is 4. The number of aromatic nitrogens is 2. The number of fused-ring (bicyclic) bond motifs is 1. The van der Waals surface area contributed by atoms with E-state index in [-0.39, 0.29) is 0 Å². The summed E-state index contributed by atoms with van der Waals surface area (Å²) >= 11 is 1.72. The minimum Gasteiger partial charge on any atom is -0.496 e. The zero-order valence-electron chi connectivity index (χ0n) is 12.5. The van der Waals surface area contributed by atoms with Gasteiger partial charge in [0.2, 0.25) is 0 Å². The van der Waals surface area contributed by atoms with Crippen molar-refractivity contribution in [3.63, 3.8) is 0 Å². The van der Waals surface area contributed by atoms with Gasteiger partial charge in [-0.05, 0) is 32.5 Å². The first-order chi connectivity index (χ1) is 10.2. The number of imidazole rings is 1. The molecule has 0 bridgehead atoms. The Morgan fingerprint density at radius 3 is 2.76 bits per heavy atom. The fraction of sp³-hybridized carbons (Fsp3) is 0.312. The maximum atomic E-state index is 5.82. The van der Waals surface area contributed by atoms with Crippen molar-refractivity contribution in [1.29, 1.82) is 0 Å². The highest BCUT2D eigenvalue weighted by atomic mass is 32.1. The largest absolute Gasteiger partial charge is 0.496 e. The number of hydrogen-bond acceptors (Lipinski definition) is 4. The van der Waals surface area contributed by atoms with Gasteiger partial charge < -0.3 is 10.5 Å². The van der Waals surface area contributed by atoms with Crippen LogP contribution in [-0.4, -0.2) is 23.0 Å². The van der Waals surface area contributed by atoms with E-state index in [1.165, 1.54) is 16.3 Å². The number of aryl methyl sites for hydroxylation is 2. The predicted molar refractivity (Wildman–Crippen MR) is 87.3 cm³/mol. The Morgan fingerprint density at radius 1 is 1.29 bits per heavy atom. The van der Waals surface area contributed by atoms with Crippen molar-refractivity contribution in [3.8, 4) is 17.0 Å². The molecule has 4 nitrogen and oxygen atoms in total. The van der Waals surface area contributed by atoms with Gasteiger partial charge in [0.05, 0.1) is 18.5 Å². The minimum atomic E-state index is 0.601. The van der Waals surface area contributed by atoms with Crippen LogP contribution in [0.4, 0.5) is 0 Å². The van der Waals surface area contributed by atoms with Gasteiger partial charge in [0.25, 0.3) is 0 Å². The van der Waals surface area contributed by atoms with Gasteiger partial charge in [-0.25, -0.2) is 4.98 Å². The zero-order chi connectivity index (χ0) is 15.0. The van der Waals surface area contributed by atoms with Crippen LogP contribution < -0.4 is 10.5 Å². The lowest BCUT2D eigenvalue weighted by Gasteiger charge is -2.09. The normalized spacial score (nSPS) is 11.2. The highest BCUT2D eigenvalue weighted by molar-refractivity contribution is 7.17. The number of para-hydroxylation sites is 1. The summed E-state index contributed by atoms with van der Waals surface area (Å²) in [7, 11) is 1.69. The van der Waals surface area contributed by atoms with Crippen LogP contribution in [0.1, 0.15) is 16.3 Å². The van der Waals surface area contributed by atoms with Crippen molar-refractivity contribution in [2.75, 3.05) is 13.7 Å². The van der Waals surface area contributed by atoms with E-state index in [0.29, 0.717) is 6.54 Å². The molecule has 21 heavy (non-hydrogen) atoms. The molecule has 0 aliphatic rings. The summed E-state index contributed by atoms with van der Waals surface area (Å²) in [5.74, 6) is 0.843. The van der Waals surface area contributed by atoms with Gasteiger partial charge in [-0.15, -0.1) is 11.3 Å². The van der Waals surface area contributed by atoms with Crippen molar-refractivity contribution in [1.82, 2.24) is 9.38 Å². The number of hydrogen-bond donors (Lipinski definition) is 1. The van der Waals surface area contributed by atoms with Gasteiger partial charge in [-0.3, -0.25) is 4.40 Å². The Hall–Kier alpha value is -1.85. The van der Waals surface area contributed by atoms with E-state index >= 15 is 0 Å². The van der Waals surface area contributed by atoms with E-state index in [0.717, 1.165) is 28.4 Å². The van der Waals surface area contributed by atoms with Gasteiger partial charge in [-0.1, -0.05) is 12.1 Å². The monoisotopic (exact) mass is 301 g/mol. The van der Waals surface area contributed by atoms with Gasteiger partial charge in [0, 0.05) is 22.6 Å². The minimum absolute atomic E-state index is 0.601. The van der Waals surface area contributed by atoms with E-state index in [2.05, 4.69) is 18.2 Å². The molecule has 0 aliphatic carbocycles. The highest BCUT2D eigenvalue weighted by Crippen LogP contribution is 2.35. The lowest BCUT2D eigenvalue weighted by Crippen LogP contribution is -2.07. The lowest BCUT2D eigenvalue weighted by atomic mass is 10.1. The second-order valence-corrected chi connectivity index (χ2v) is 6.19. The van der Waals surface area contributed by atoms with Crippen LogP contribution >= 0.6 is 11.3 Å². The molecule has 0 saturated carbocycles. The number of ether oxygens (including phenoxy) is 1. The summed E-state index contributed by atoms with van der Waals surface area (Å²) < 4.78 is 7.71. The van der Waals surface area contributed by atoms with Gasteiger partial charge in [0.15, 0.2) is 4.96 Å². The molecule has 1 aromatic carbocycles. The summed E-state index contributed by atoms with van der Waals surface area (Å²) in [4.78, 5) is 7.15. The van der Waals surface area contributed by atoms with Crippen LogP contribution in [0.2, 0.25) is 0 Å². The molecule has 0 spiro atoms. The first-order valence-electron chi connectivity index (χ1n) is 6.98. The van der Waals surface area contributed by atoms with Crippen LogP contribution in [0, 0.1) is 13.8 Å². The molecule has 3 rings (SSSR count). The molecule has 3 aromatic rings. The van der Waals surface area contributed by atoms with Crippen LogP contribution in [0.25, 0.3) is 16.2 Å².